The van der Waals surface area contributed by atoms with Crippen molar-refractivity contribution in [1.82, 2.24) is 0 Å². The number of benzene rings is 2. The molecule has 0 atom stereocenters. The van der Waals surface area contributed by atoms with Crippen molar-refractivity contribution in [3.63, 3.8) is 0 Å². The van der Waals surface area contributed by atoms with Gasteiger partial charge in [-0.15, -0.1) is 12.4 Å². The van der Waals surface area contributed by atoms with Crippen molar-refractivity contribution >= 4 is 29.5 Å². The zero-order chi connectivity index (χ0) is 11.4. The van der Waals surface area contributed by atoms with E-state index in [1.807, 2.05) is 42.5 Å². The van der Waals surface area contributed by atoms with Crippen LogP contribution in [0.15, 0.2) is 48.5 Å². The zero-order valence-corrected chi connectivity index (χ0v) is 10.2. The molecule has 90 valence electrons. The van der Waals surface area contributed by atoms with Crippen LogP contribution < -0.4 is 16.8 Å². The summed E-state index contributed by atoms with van der Waals surface area (Å²) in [6.07, 6.45) is 0. The maximum absolute atomic E-state index is 5.72. The standard InChI is InChI=1S/C13H15N3.ClH/c14-11-6-10(7-12(15)8-11)9-16-13-4-2-1-3-5-13;/h1-8,16H,9,14-15H2;1H. The summed E-state index contributed by atoms with van der Waals surface area (Å²) < 4.78 is 0. The van der Waals surface area contributed by atoms with E-state index in [1.165, 1.54) is 0 Å². The molecule has 5 N–H and O–H groups in total. The highest BCUT2D eigenvalue weighted by molar-refractivity contribution is 5.85. The van der Waals surface area contributed by atoms with Gasteiger partial charge in [-0.2, -0.15) is 0 Å². The topological polar surface area (TPSA) is 64.1 Å². The number of nitrogen functional groups attached to an aromatic ring is 2. The number of anilines is 3. The van der Waals surface area contributed by atoms with Crippen molar-refractivity contribution in [2.24, 2.45) is 0 Å². The highest BCUT2D eigenvalue weighted by Crippen LogP contribution is 2.15. The number of para-hydroxylation sites is 1. The second-order valence-corrected chi connectivity index (χ2v) is 3.73. The van der Waals surface area contributed by atoms with Gasteiger partial charge in [0.2, 0.25) is 0 Å². The van der Waals surface area contributed by atoms with E-state index in [9.17, 15) is 0 Å². The van der Waals surface area contributed by atoms with Gasteiger partial charge < -0.3 is 16.8 Å². The van der Waals surface area contributed by atoms with Crippen LogP contribution in [0.1, 0.15) is 5.56 Å². The number of rotatable bonds is 3. The first kappa shape index (κ1) is 13.2. The number of nitrogens with two attached hydrogens (primary N) is 2. The minimum atomic E-state index is 0. The quantitative estimate of drug-likeness (QED) is 0.733. The van der Waals surface area contributed by atoms with Crippen molar-refractivity contribution in [3.05, 3.63) is 54.1 Å². The molecule has 0 aliphatic heterocycles. The van der Waals surface area contributed by atoms with Gasteiger partial charge in [0.25, 0.3) is 0 Å². The molecule has 0 aromatic heterocycles. The van der Waals surface area contributed by atoms with E-state index < -0.39 is 0 Å². The SMILES string of the molecule is Cl.Nc1cc(N)cc(CNc2ccccc2)c1. The van der Waals surface area contributed by atoms with Gasteiger partial charge in [-0.25, -0.2) is 0 Å². The van der Waals surface area contributed by atoms with Crippen LogP contribution in [0.2, 0.25) is 0 Å². The maximum Gasteiger partial charge on any atom is 0.0402 e. The summed E-state index contributed by atoms with van der Waals surface area (Å²) in [7, 11) is 0. The molecule has 2 rings (SSSR count). The summed E-state index contributed by atoms with van der Waals surface area (Å²) in [5.74, 6) is 0. The predicted molar refractivity (Wildman–Crippen MR) is 76.3 cm³/mol. The Balaban J connectivity index is 0.00000144. The van der Waals surface area contributed by atoms with Crippen LogP contribution >= 0.6 is 12.4 Å². The van der Waals surface area contributed by atoms with E-state index in [4.69, 9.17) is 11.5 Å². The van der Waals surface area contributed by atoms with E-state index in [2.05, 4.69) is 5.32 Å². The fourth-order valence-corrected chi connectivity index (χ4v) is 1.61. The van der Waals surface area contributed by atoms with E-state index in [1.54, 1.807) is 6.07 Å². The first-order valence-corrected chi connectivity index (χ1v) is 5.18. The Labute approximate surface area is 107 Å². The van der Waals surface area contributed by atoms with Crippen LogP contribution in [-0.2, 0) is 6.54 Å². The monoisotopic (exact) mass is 249 g/mol. The number of halogens is 1. The third-order valence-electron chi connectivity index (χ3n) is 2.31. The van der Waals surface area contributed by atoms with E-state index in [0.717, 1.165) is 17.8 Å². The van der Waals surface area contributed by atoms with Gasteiger partial charge in [-0.3, -0.25) is 0 Å². The molecule has 0 bridgehead atoms. The second-order valence-electron chi connectivity index (χ2n) is 3.73. The molecule has 0 saturated carbocycles. The lowest BCUT2D eigenvalue weighted by Gasteiger charge is -2.07. The molecular formula is C13H16ClN3. The third-order valence-corrected chi connectivity index (χ3v) is 2.31. The summed E-state index contributed by atoms with van der Waals surface area (Å²) in [6, 6.07) is 15.6. The zero-order valence-electron chi connectivity index (χ0n) is 9.39. The Morgan fingerprint density at radius 1 is 0.882 bits per heavy atom. The molecule has 0 aliphatic rings. The van der Waals surface area contributed by atoms with Crippen LogP contribution in [0.3, 0.4) is 0 Å². The molecule has 0 aliphatic carbocycles. The molecule has 2 aromatic rings. The summed E-state index contributed by atoms with van der Waals surface area (Å²) in [5.41, 5.74) is 15.0. The minimum Gasteiger partial charge on any atom is -0.399 e. The van der Waals surface area contributed by atoms with Crippen molar-refractivity contribution in [3.8, 4) is 0 Å². The molecule has 0 amide bonds. The highest BCUT2D eigenvalue weighted by Gasteiger charge is 1.96. The largest absolute Gasteiger partial charge is 0.399 e. The van der Waals surface area contributed by atoms with Gasteiger partial charge in [0.05, 0.1) is 0 Å². The Bertz CT molecular complexity index is 451. The normalized spacial score (nSPS) is 9.41. The summed E-state index contributed by atoms with van der Waals surface area (Å²) in [4.78, 5) is 0. The molecule has 0 spiro atoms. The molecule has 3 nitrogen and oxygen atoms in total. The molecule has 0 fully saturated rings. The van der Waals surface area contributed by atoms with Gasteiger partial charge in [0.15, 0.2) is 0 Å². The van der Waals surface area contributed by atoms with Crippen molar-refractivity contribution in [2.45, 2.75) is 6.54 Å². The fraction of sp³-hybridized carbons (Fsp3) is 0.0769. The van der Waals surface area contributed by atoms with E-state index in [-0.39, 0.29) is 12.4 Å². The van der Waals surface area contributed by atoms with Crippen LogP contribution in [0.25, 0.3) is 0 Å². The molecule has 2 aromatic carbocycles. The lowest BCUT2D eigenvalue weighted by molar-refractivity contribution is 1.15. The van der Waals surface area contributed by atoms with Crippen LogP contribution in [0.4, 0.5) is 17.1 Å². The average molecular weight is 250 g/mol. The average Bonchev–Trinajstić information content (AvgIpc) is 2.27. The lowest BCUT2D eigenvalue weighted by Crippen LogP contribution is -2.01. The van der Waals surface area contributed by atoms with Crippen LogP contribution in [0, 0.1) is 0 Å². The van der Waals surface area contributed by atoms with Gasteiger partial charge in [-0.05, 0) is 35.9 Å². The minimum absolute atomic E-state index is 0. The first-order valence-electron chi connectivity index (χ1n) is 5.18. The van der Waals surface area contributed by atoms with E-state index in [0.29, 0.717) is 11.4 Å². The molecular weight excluding hydrogens is 234 g/mol. The van der Waals surface area contributed by atoms with Gasteiger partial charge in [-0.1, -0.05) is 18.2 Å². The lowest BCUT2D eigenvalue weighted by atomic mass is 10.1. The van der Waals surface area contributed by atoms with Gasteiger partial charge in [0.1, 0.15) is 0 Å². The van der Waals surface area contributed by atoms with Gasteiger partial charge in [0, 0.05) is 23.6 Å². The number of hydrogen-bond acceptors (Lipinski definition) is 3. The summed E-state index contributed by atoms with van der Waals surface area (Å²) >= 11 is 0. The highest BCUT2D eigenvalue weighted by atomic mass is 35.5. The maximum atomic E-state index is 5.72. The molecule has 4 heteroatoms. The molecule has 17 heavy (non-hydrogen) atoms. The van der Waals surface area contributed by atoms with Crippen LogP contribution in [-0.4, -0.2) is 0 Å². The Hall–Kier alpha value is -1.87. The van der Waals surface area contributed by atoms with E-state index >= 15 is 0 Å². The van der Waals surface area contributed by atoms with Crippen LogP contribution in [0.5, 0.6) is 0 Å². The Kier molecular flexibility index (Phi) is 4.67. The smallest absolute Gasteiger partial charge is 0.0402 e. The molecule has 0 heterocycles. The number of hydrogen-bond donors (Lipinski definition) is 3. The first-order chi connectivity index (χ1) is 7.74. The van der Waals surface area contributed by atoms with Crippen molar-refractivity contribution in [2.75, 3.05) is 16.8 Å². The Morgan fingerprint density at radius 3 is 2.06 bits per heavy atom. The van der Waals surface area contributed by atoms with Crippen molar-refractivity contribution < 1.29 is 0 Å². The summed E-state index contributed by atoms with van der Waals surface area (Å²) in [6.45, 7) is 0.721. The molecule has 0 saturated heterocycles. The third kappa shape index (κ3) is 3.89. The molecule has 0 unspecified atom stereocenters. The van der Waals surface area contributed by atoms with Crippen molar-refractivity contribution in [1.29, 1.82) is 0 Å². The molecule has 0 radical (unpaired) electrons. The predicted octanol–water partition coefficient (Wildman–Crippen LogP) is 2.88. The summed E-state index contributed by atoms with van der Waals surface area (Å²) in [5, 5.41) is 3.30. The van der Waals surface area contributed by atoms with Gasteiger partial charge >= 0.3 is 0 Å². The number of nitrogens with one attached hydrogen (secondary N) is 1. The second kappa shape index (κ2) is 6.01. The fourth-order valence-electron chi connectivity index (χ4n) is 1.61. The Morgan fingerprint density at radius 2 is 1.47 bits per heavy atom.